The first-order valence-electron chi connectivity index (χ1n) is 13.5. The van der Waals surface area contributed by atoms with Gasteiger partial charge in [-0.25, -0.2) is 0 Å². The van der Waals surface area contributed by atoms with Gasteiger partial charge < -0.3 is 24.7 Å². The molecule has 0 bridgehead atoms. The molecule has 210 valence electrons. The molecule has 5 rings (SSSR count). The lowest BCUT2D eigenvalue weighted by molar-refractivity contribution is 0.0913. The number of amides is 1. The van der Waals surface area contributed by atoms with E-state index in [1.807, 2.05) is 42.6 Å². The summed E-state index contributed by atoms with van der Waals surface area (Å²) in [5, 5.41) is 2.91. The predicted octanol–water partition coefficient (Wildman–Crippen LogP) is 6.34. The predicted molar refractivity (Wildman–Crippen MR) is 161 cm³/mol. The van der Waals surface area contributed by atoms with Crippen molar-refractivity contribution < 1.29 is 19.1 Å². The monoisotopic (exact) mass is 570 g/mol. The van der Waals surface area contributed by atoms with Gasteiger partial charge in [-0.05, 0) is 72.4 Å². The van der Waals surface area contributed by atoms with Crippen molar-refractivity contribution in [1.82, 2.24) is 14.5 Å². The van der Waals surface area contributed by atoms with E-state index in [4.69, 9.17) is 26.8 Å². The Labute approximate surface area is 243 Å². The van der Waals surface area contributed by atoms with Crippen LogP contribution in [0.1, 0.15) is 34.6 Å². The van der Waals surface area contributed by atoms with E-state index >= 15 is 0 Å². The molecule has 1 amide bonds. The molecule has 41 heavy (non-hydrogen) atoms. The number of halogens is 1. The maximum atomic E-state index is 13.5. The molecule has 3 aromatic carbocycles. The van der Waals surface area contributed by atoms with Gasteiger partial charge in [-0.15, -0.1) is 0 Å². The average molecular weight is 571 g/mol. The number of nitrogens with zero attached hydrogens (tertiary/aromatic N) is 3. The van der Waals surface area contributed by atoms with E-state index in [1.165, 1.54) is 0 Å². The molecule has 8 nitrogen and oxygen atoms in total. The quantitative estimate of drug-likeness (QED) is 0.176. The Morgan fingerprint density at radius 1 is 0.976 bits per heavy atom. The number of ether oxygens (including phenoxy) is 2. The van der Waals surface area contributed by atoms with Crippen molar-refractivity contribution in [1.29, 1.82) is 0 Å². The van der Waals surface area contributed by atoms with Crippen molar-refractivity contribution in [3.8, 4) is 17.2 Å². The highest BCUT2D eigenvalue weighted by atomic mass is 35.5. The Morgan fingerprint density at radius 3 is 2.54 bits per heavy atom. The standard InChI is InChI=1S/C32H31ClN4O4/c1-3-36(4-2)12-13-37-19-28(26-10-9-24(17-29(26)37)41-25-6-5-11-35-18-25)30(38)20-40-31-16-21-7-8-23(33)14-22(21)15-27(31)32(34)39/h5-11,14-19H,3-4,12-13,20H2,1-2H3,(H2,34,39). The Kier molecular flexibility index (Phi) is 8.52. The second-order valence-corrected chi connectivity index (χ2v) is 10.1. The molecule has 0 saturated carbocycles. The van der Waals surface area contributed by atoms with E-state index in [-0.39, 0.29) is 23.7 Å². The molecule has 5 aromatic rings. The maximum absolute atomic E-state index is 13.5. The third-order valence-corrected chi connectivity index (χ3v) is 7.34. The summed E-state index contributed by atoms with van der Waals surface area (Å²) in [6, 6.07) is 18.0. The molecule has 9 heteroatoms. The van der Waals surface area contributed by atoms with E-state index in [9.17, 15) is 9.59 Å². The number of rotatable bonds is 12. The van der Waals surface area contributed by atoms with Gasteiger partial charge in [0.1, 0.15) is 17.2 Å². The van der Waals surface area contributed by atoms with Crippen LogP contribution < -0.4 is 15.2 Å². The Bertz CT molecular complexity index is 1710. The molecule has 0 saturated heterocycles. The molecule has 0 radical (unpaired) electrons. The van der Waals surface area contributed by atoms with Crippen LogP contribution >= 0.6 is 11.6 Å². The first kappa shape index (κ1) is 28.1. The molecule has 2 aromatic heterocycles. The highest BCUT2D eigenvalue weighted by Gasteiger charge is 2.19. The fraction of sp³-hybridized carbons (Fsp3) is 0.219. The second kappa shape index (κ2) is 12.4. The van der Waals surface area contributed by atoms with Crippen LogP contribution in [-0.2, 0) is 6.54 Å². The minimum absolute atomic E-state index is 0.186. The van der Waals surface area contributed by atoms with Gasteiger partial charge in [0.05, 0.1) is 17.3 Å². The Hall–Kier alpha value is -4.40. The number of fused-ring (bicyclic) bond motifs is 2. The fourth-order valence-corrected chi connectivity index (χ4v) is 5.04. The number of hydrogen-bond acceptors (Lipinski definition) is 6. The SMILES string of the molecule is CCN(CC)CCn1cc(C(=O)COc2cc3ccc(Cl)cc3cc2C(N)=O)c2ccc(Oc3cccnc3)cc21. The zero-order chi connectivity index (χ0) is 28.9. The van der Waals surface area contributed by atoms with E-state index < -0.39 is 5.91 Å². The summed E-state index contributed by atoms with van der Waals surface area (Å²) in [6.07, 6.45) is 5.21. The summed E-state index contributed by atoms with van der Waals surface area (Å²) >= 11 is 6.11. The van der Waals surface area contributed by atoms with Crippen molar-refractivity contribution in [2.45, 2.75) is 20.4 Å². The summed E-state index contributed by atoms with van der Waals surface area (Å²) < 4.78 is 14.0. The number of carbonyl (C=O) groups excluding carboxylic acids is 2. The van der Waals surface area contributed by atoms with Gasteiger partial charge in [0.2, 0.25) is 5.78 Å². The van der Waals surface area contributed by atoms with Crippen LogP contribution in [0.15, 0.2) is 79.3 Å². The van der Waals surface area contributed by atoms with E-state index in [2.05, 4.69) is 28.3 Å². The van der Waals surface area contributed by atoms with Crippen molar-refractivity contribution in [3.63, 3.8) is 0 Å². The van der Waals surface area contributed by atoms with Gasteiger partial charge in [-0.3, -0.25) is 14.6 Å². The van der Waals surface area contributed by atoms with Crippen LogP contribution in [0.4, 0.5) is 0 Å². The Morgan fingerprint density at radius 2 is 1.80 bits per heavy atom. The van der Waals surface area contributed by atoms with Crippen LogP contribution in [0.25, 0.3) is 21.7 Å². The van der Waals surface area contributed by atoms with Crippen LogP contribution in [0.3, 0.4) is 0 Å². The topological polar surface area (TPSA) is 99.7 Å². The van der Waals surface area contributed by atoms with Crippen molar-refractivity contribution in [3.05, 3.63) is 95.4 Å². The van der Waals surface area contributed by atoms with Gasteiger partial charge in [-0.2, -0.15) is 0 Å². The number of hydrogen-bond donors (Lipinski definition) is 1. The molecule has 2 N–H and O–H groups in total. The van der Waals surface area contributed by atoms with Crippen molar-refractivity contribution >= 4 is 45.0 Å². The molecule has 0 aliphatic carbocycles. The van der Waals surface area contributed by atoms with Crippen molar-refractivity contribution in [2.75, 3.05) is 26.2 Å². The average Bonchev–Trinajstić information content (AvgIpc) is 3.34. The third-order valence-electron chi connectivity index (χ3n) is 7.10. The number of likely N-dealkylation sites (N-methyl/N-ethyl adjacent to an activating group) is 1. The molecular weight excluding hydrogens is 540 g/mol. The zero-order valence-corrected chi connectivity index (χ0v) is 23.7. The second-order valence-electron chi connectivity index (χ2n) is 9.65. The fourth-order valence-electron chi connectivity index (χ4n) is 4.86. The first-order chi connectivity index (χ1) is 19.9. The summed E-state index contributed by atoms with van der Waals surface area (Å²) in [6.45, 7) is 7.40. The lowest BCUT2D eigenvalue weighted by atomic mass is 10.1. The highest BCUT2D eigenvalue weighted by molar-refractivity contribution is 6.31. The molecule has 2 heterocycles. The number of primary amides is 1. The number of ketones is 1. The summed E-state index contributed by atoms with van der Waals surface area (Å²) in [5.41, 5.74) is 7.22. The molecular formula is C32H31ClN4O4. The minimum atomic E-state index is -0.650. The lowest BCUT2D eigenvalue weighted by Crippen LogP contribution is -2.26. The molecule has 0 aliphatic heterocycles. The normalized spacial score (nSPS) is 11.3. The van der Waals surface area contributed by atoms with Gasteiger partial charge in [0.25, 0.3) is 5.91 Å². The van der Waals surface area contributed by atoms with Gasteiger partial charge >= 0.3 is 0 Å². The summed E-state index contributed by atoms with van der Waals surface area (Å²) in [7, 11) is 0. The minimum Gasteiger partial charge on any atom is -0.485 e. The number of benzene rings is 3. The van der Waals surface area contributed by atoms with Gasteiger partial charge in [-0.1, -0.05) is 31.5 Å². The molecule has 0 aliphatic rings. The van der Waals surface area contributed by atoms with Crippen LogP contribution in [0, 0.1) is 0 Å². The Balaban J connectivity index is 1.44. The van der Waals surface area contributed by atoms with Crippen molar-refractivity contribution in [2.24, 2.45) is 5.73 Å². The number of aromatic nitrogens is 2. The lowest BCUT2D eigenvalue weighted by Gasteiger charge is -2.18. The summed E-state index contributed by atoms with van der Waals surface area (Å²) in [5.74, 6) is 0.650. The molecule has 0 fully saturated rings. The number of nitrogens with two attached hydrogens (primary N) is 1. The largest absolute Gasteiger partial charge is 0.485 e. The van der Waals surface area contributed by atoms with Crippen LogP contribution in [0.2, 0.25) is 5.02 Å². The first-order valence-corrected chi connectivity index (χ1v) is 13.9. The molecule has 0 unspecified atom stereocenters. The summed E-state index contributed by atoms with van der Waals surface area (Å²) in [4.78, 5) is 32.2. The van der Waals surface area contributed by atoms with Crippen LogP contribution in [-0.4, -0.2) is 52.4 Å². The number of Topliss-reactive ketones (excluding diaryl/α,β-unsaturated/α-hetero) is 1. The van der Waals surface area contributed by atoms with E-state index in [1.54, 1.807) is 36.7 Å². The number of pyridine rings is 1. The maximum Gasteiger partial charge on any atom is 0.252 e. The highest BCUT2D eigenvalue weighted by Crippen LogP contribution is 2.31. The van der Waals surface area contributed by atoms with Gasteiger partial charge in [0.15, 0.2) is 6.61 Å². The van der Waals surface area contributed by atoms with Crippen LogP contribution in [0.5, 0.6) is 17.2 Å². The molecule has 0 spiro atoms. The third kappa shape index (κ3) is 6.34. The molecule has 0 atom stereocenters. The van der Waals surface area contributed by atoms with E-state index in [0.717, 1.165) is 41.3 Å². The number of carbonyl (C=O) groups is 2. The van der Waals surface area contributed by atoms with Gasteiger partial charge in [0, 0.05) is 47.5 Å². The van der Waals surface area contributed by atoms with E-state index in [0.29, 0.717) is 28.6 Å². The smallest absolute Gasteiger partial charge is 0.252 e. The zero-order valence-electron chi connectivity index (χ0n) is 23.0.